The first kappa shape index (κ1) is 14.0. The van der Waals surface area contributed by atoms with E-state index in [1.165, 1.54) is 6.07 Å². The summed E-state index contributed by atoms with van der Waals surface area (Å²) < 4.78 is 13.6. The van der Waals surface area contributed by atoms with E-state index in [2.05, 4.69) is 5.32 Å². The monoisotopic (exact) mass is 265 g/mol. The molecule has 1 aliphatic rings. The number of carbonyl (C=O) groups is 1. The van der Waals surface area contributed by atoms with Crippen LogP contribution in [0.1, 0.15) is 44.1 Å². The maximum Gasteiger partial charge on any atom is 0.227 e. The number of halogens is 1. The van der Waals surface area contributed by atoms with Crippen molar-refractivity contribution >= 4 is 11.6 Å². The van der Waals surface area contributed by atoms with E-state index >= 15 is 0 Å². The molecular formula is C15H20FNO2. The summed E-state index contributed by atoms with van der Waals surface area (Å²) in [6.07, 6.45) is 4.34. The van der Waals surface area contributed by atoms with E-state index in [0.29, 0.717) is 12.8 Å². The summed E-state index contributed by atoms with van der Waals surface area (Å²) in [7, 11) is 0. The third-order valence-corrected chi connectivity index (χ3v) is 3.67. The van der Waals surface area contributed by atoms with Crippen LogP contribution in [0, 0.1) is 12.7 Å². The molecule has 1 amide bonds. The second-order valence-electron chi connectivity index (χ2n) is 5.49. The van der Waals surface area contributed by atoms with Crippen LogP contribution < -0.4 is 5.32 Å². The molecule has 0 spiro atoms. The fourth-order valence-electron chi connectivity index (χ4n) is 2.60. The summed E-state index contributed by atoms with van der Waals surface area (Å²) in [5.74, 6) is -0.767. The van der Waals surface area contributed by atoms with Gasteiger partial charge in [0, 0.05) is 0 Å². The number of nitrogens with one attached hydrogen (secondary N) is 1. The fourth-order valence-corrected chi connectivity index (χ4v) is 2.60. The highest BCUT2D eigenvalue weighted by molar-refractivity contribution is 5.91. The molecular weight excluding hydrogens is 245 g/mol. The van der Waals surface area contributed by atoms with Gasteiger partial charge in [-0.15, -0.1) is 0 Å². The molecule has 1 aromatic rings. The maximum atomic E-state index is 13.6. The average molecular weight is 265 g/mol. The smallest absolute Gasteiger partial charge is 0.227 e. The lowest BCUT2D eigenvalue weighted by Gasteiger charge is -2.31. The number of benzene rings is 1. The van der Waals surface area contributed by atoms with Crippen LogP contribution in [0.25, 0.3) is 0 Å². The Labute approximate surface area is 112 Å². The summed E-state index contributed by atoms with van der Waals surface area (Å²) >= 11 is 0. The predicted molar refractivity (Wildman–Crippen MR) is 72.4 cm³/mol. The van der Waals surface area contributed by atoms with Gasteiger partial charge in [-0.1, -0.05) is 25.3 Å². The van der Waals surface area contributed by atoms with E-state index in [9.17, 15) is 14.3 Å². The van der Waals surface area contributed by atoms with Crippen LogP contribution in [0.5, 0.6) is 0 Å². The van der Waals surface area contributed by atoms with Gasteiger partial charge in [-0.25, -0.2) is 4.39 Å². The molecule has 0 unspecified atom stereocenters. The maximum absolute atomic E-state index is 13.6. The van der Waals surface area contributed by atoms with Crippen molar-refractivity contribution in [2.75, 3.05) is 5.32 Å². The van der Waals surface area contributed by atoms with Gasteiger partial charge in [0.2, 0.25) is 5.91 Å². The Morgan fingerprint density at radius 3 is 2.68 bits per heavy atom. The lowest BCUT2D eigenvalue weighted by atomic mass is 9.82. The molecule has 0 radical (unpaired) electrons. The van der Waals surface area contributed by atoms with Gasteiger partial charge in [-0.05, 0) is 37.5 Å². The number of carbonyl (C=O) groups excluding carboxylic acids is 1. The molecule has 0 heterocycles. The third-order valence-electron chi connectivity index (χ3n) is 3.67. The van der Waals surface area contributed by atoms with Gasteiger partial charge in [-0.2, -0.15) is 0 Å². The van der Waals surface area contributed by atoms with Crippen molar-refractivity contribution < 1.29 is 14.3 Å². The quantitative estimate of drug-likeness (QED) is 0.882. The van der Waals surface area contributed by atoms with Gasteiger partial charge in [0.25, 0.3) is 0 Å². The molecule has 0 atom stereocenters. The van der Waals surface area contributed by atoms with Crippen LogP contribution in [-0.2, 0) is 4.79 Å². The minimum atomic E-state index is -0.913. The second-order valence-corrected chi connectivity index (χ2v) is 5.49. The van der Waals surface area contributed by atoms with E-state index in [0.717, 1.165) is 24.8 Å². The minimum Gasteiger partial charge on any atom is -0.389 e. The molecule has 0 saturated heterocycles. The molecule has 4 heteroatoms. The summed E-state index contributed by atoms with van der Waals surface area (Å²) in [5.41, 5.74) is 0.0696. The zero-order valence-electron chi connectivity index (χ0n) is 11.2. The molecule has 2 N–H and O–H groups in total. The first-order valence-electron chi connectivity index (χ1n) is 6.77. The van der Waals surface area contributed by atoms with Gasteiger partial charge in [0.1, 0.15) is 5.82 Å². The molecule has 3 nitrogen and oxygen atoms in total. The van der Waals surface area contributed by atoms with Gasteiger partial charge in [0.15, 0.2) is 0 Å². The van der Waals surface area contributed by atoms with Crippen LogP contribution in [0.2, 0.25) is 0 Å². The summed E-state index contributed by atoms with van der Waals surface area (Å²) in [4.78, 5) is 11.9. The lowest BCUT2D eigenvalue weighted by Crippen LogP contribution is -2.36. The number of aryl methyl sites for hydroxylation is 1. The Morgan fingerprint density at radius 2 is 2.05 bits per heavy atom. The van der Waals surface area contributed by atoms with Crippen molar-refractivity contribution in [1.29, 1.82) is 0 Å². The Balaban J connectivity index is 1.97. The summed E-state index contributed by atoms with van der Waals surface area (Å²) in [5, 5.41) is 12.8. The van der Waals surface area contributed by atoms with Gasteiger partial charge >= 0.3 is 0 Å². The van der Waals surface area contributed by atoms with Gasteiger partial charge < -0.3 is 10.4 Å². The van der Waals surface area contributed by atoms with Crippen LogP contribution in [0.3, 0.4) is 0 Å². The molecule has 0 aromatic heterocycles. The number of aliphatic hydroxyl groups is 1. The van der Waals surface area contributed by atoms with Crippen LogP contribution in [0.15, 0.2) is 18.2 Å². The van der Waals surface area contributed by atoms with Crippen molar-refractivity contribution in [3.63, 3.8) is 0 Å². The largest absolute Gasteiger partial charge is 0.389 e. The van der Waals surface area contributed by atoms with E-state index in [1.807, 2.05) is 0 Å². The van der Waals surface area contributed by atoms with Crippen molar-refractivity contribution in [2.45, 2.75) is 51.0 Å². The first-order valence-corrected chi connectivity index (χ1v) is 6.77. The topological polar surface area (TPSA) is 49.3 Å². The molecule has 1 aromatic carbocycles. The Kier molecular flexibility index (Phi) is 4.20. The van der Waals surface area contributed by atoms with Crippen LogP contribution in [-0.4, -0.2) is 16.6 Å². The Morgan fingerprint density at radius 1 is 1.37 bits per heavy atom. The average Bonchev–Trinajstić information content (AvgIpc) is 2.33. The fraction of sp³-hybridized carbons (Fsp3) is 0.533. The molecule has 0 aliphatic heterocycles. The normalized spacial score (nSPS) is 18.1. The van der Waals surface area contributed by atoms with E-state index in [-0.39, 0.29) is 18.0 Å². The second kappa shape index (κ2) is 5.70. The van der Waals surface area contributed by atoms with E-state index in [4.69, 9.17) is 0 Å². The number of hydrogen-bond acceptors (Lipinski definition) is 2. The molecule has 104 valence electrons. The summed E-state index contributed by atoms with van der Waals surface area (Å²) in [6.45, 7) is 1.79. The molecule has 19 heavy (non-hydrogen) atoms. The van der Waals surface area contributed by atoms with E-state index in [1.54, 1.807) is 19.1 Å². The third kappa shape index (κ3) is 3.77. The number of rotatable bonds is 3. The molecule has 2 rings (SSSR count). The van der Waals surface area contributed by atoms with Crippen LogP contribution >= 0.6 is 0 Å². The lowest BCUT2D eigenvalue weighted by molar-refractivity contribution is -0.122. The Hall–Kier alpha value is -1.42. The highest BCUT2D eigenvalue weighted by Crippen LogP contribution is 2.31. The number of amides is 1. The van der Waals surface area contributed by atoms with Crippen molar-refractivity contribution in [2.24, 2.45) is 0 Å². The minimum absolute atomic E-state index is 0.0420. The van der Waals surface area contributed by atoms with E-state index < -0.39 is 11.4 Å². The standard InChI is InChI=1S/C15H20FNO2/c1-11-5-6-13(12(16)9-11)17-14(18)10-15(19)7-3-2-4-8-15/h5-6,9,19H,2-4,7-8,10H2,1H3,(H,17,18). The molecule has 1 saturated carbocycles. The highest BCUT2D eigenvalue weighted by Gasteiger charge is 2.31. The zero-order valence-corrected chi connectivity index (χ0v) is 11.2. The number of anilines is 1. The van der Waals surface area contributed by atoms with Gasteiger partial charge in [0.05, 0.1) is 17.7 Å². The highest BCUT2D eigenvalue weighted by atomic mass is 19.1. The first-order chi connectivity index (χ1) is 8.98. The molecule has 0 bridgehead atoms. The molecule has 1 fully saturated rings. The van der Waals surface area contributed by atoms with Crippen molar-refractivity contribution in [3.05, 3.63) is 29.6 Å². The van der Waals surface area contributed by atoms with Gasteiger partial charge in [-0.3, -0.25) is 4.79 Å². The zero-order chi connectivity index (χ0) is 13.9. The van der Waals surface area contributed by atoms with Crippen molar-refractivity contribution in [3.8, 4) is 0 Å². The summed E-state index contributed by atoms with van der Waals surface area (Å²) in [6, 6.07) is 4.67. The SMILES string of the molecule is Cc1ccc(NC(=O)CC2(O)CCCCC2)c(F)c1. The Bertz CT molecular complexity index is 467. The van der Waals surface area contributed by atoms with Crippen molar-refractivity contribution in [1.82, 2.24) is 0 Å². The predicted octanol–water partition coefficient (Wildman–Crippen LogP) is 3.16. The molecule has 1 aliphatic carbocycles. The van der Waals surface area contributed by atoms with Crippen LogP contribution in [0.4, 0.5) is 10.1 Å². The number of hydrogen-bond donors (Lipinski definition) is 2.